The summed E-state index contributed by atoms with van der Waals surface area (Å²) >= 11 is 10.2. The van der Waals surface area contributed by atoms with Crippen molar-refractivity contribution < 1.29 is 9.59 Å². The number of ketones is 2. The highest BCUT2D eigenvalue weighted by atomic mass is 79.9. The lowest BCUT2D eigenvalue weighted by Crippen LogP contribution is -2.19. The smallest absolute Gasteiger partial charge is 0.205 e. The third-order valence-corrected chi connectivity index (χ3v) is 9.31. The maximum Gasteiger partial charge on any atom is 0.205 e. The topological polar surface area (TPSA) is 34.1 Å². The van der Waals surface area contributed by atoms with Crippen LogP contribution in [0.5, 0.6) is 0 Å². The van der Waals surface area contributed by atoms with Crippen LogP contribution in [0, 0.1) is 0 Å². The summed E-state index contributed by atoms with van der Waals surface area (Å²) in [5, 5.41) is 0. The predicted molar refractivity (Wildman–Crippen MR) is 127 cm³/mol. The molecule has 0 saturated carbocycles. The van der Waals surface area contributed by atoms with Crippen molar-refractivity contribution >= 4 is 66.1 Å². The molecule has 0 amide bonds. The molecule has 6 heteroatoms. The summed E-state index contributed by atoms with van der Waals surface area (Å²) in [4.78, 5) is 28.0. The predicted octanol–water partition coefficient (Wildman–Crippen LogP) is 8.36. The molecule has 2 nitrogen and oxygen atoms in total. The van der Waals surface area contributed by atoms with Crippen LogP contribution in [0.25, 0.3) is 0 Å². The molecule has 0 unspecified atom stereocenters. The zero-order chi connectivity index (χ0) is 20.3. The number of hydrogen-bond donors (Lipinski definition) is 0. The van der Waals surface area contributed by atoms with Gasteiger partial charge in [0.05, 0.1) is 17.3 Å². The maximum absolute atomic E-state index is 13.3. The van der Waals surface area contributed by atoms with Crippen LogP contribution < -0.4 is 0 Å². The minimum atomic E-state index is 0.0440. The van der Waals surface area contributed by atoms with Gasteiger partial charge >= 0.3 is 0 Å². The molecule has 0 aliphatic heterocycles. The van der Waals surface area contributed by atoms with Crippen LogP contribution in [-0.4, -0.2) is 11.6 Å². The van der Waals surface area contributed by atoms with E-state index in [0.717, 1.165) is 57.2 Å². The van der Waals surface area contributed by atoms with Crippen molar-refractivity contribution in [1.29, 1.82) is 0 Å². The van der Waals surface area contributed by atoms with Crippen LogP contribution in [0.1, 0.15) is 107 Å². The summed E-state index contributed by atoms with van der Waals surface area (Å²) in [6.45, 7) is 4.39. The Kier molecular flexibility index (Phi) is 8.11. The SMILES string of the molecule is CCCCCCc1c(Br)sc2c1C(=O)c1sc(Br)c(CCCCCC)c1C2=O. The highest BCUT2D eigenvalue weighted by Crippen LogP contribution is 2.45. The molecule has 2 heterocycles. The number of carbonyl (C=O) groups is 2. The molecule has 0 saturated heterocycles. The summed E-state index contributed by atoms with van der Waals surface area (Å²) in [5.74, 6) is 0.0881. The summed E-state index contributed by atoms with van der Waals surface area (Å²) in [6.07, 6.45) is 10.9. The van der Waals surface area contributed by atoms with Crippen LogP contribution in [0.2, 0.25) is 0 Å². The first-order valence-electron chi connectivity index (χ1n) is 10.2. The van der Waals surface area contributed by atoms with Gasteiger partial charge in [-0.3, -0.25) is 9.59 Å². The zero-order valence-corrected chi connectivity index (χ0v) is 21.3. The van der Waals surface area contributed by atoms with Gasteiger partial charge in [0.25, 0.3) is 0 Å². The fraction of sp³-hybridized carbons (Fsp3) is 0.545. The molecule has 0 bridgehead atoms. The fourth-order valence-electron chi connectivity index (χ4n) is 3.81. The van der Waals surface area contributed by atoms with Crippen LogP contribution in [0.15, 0.2) is 7.57 Å². The Morgan fingerprint density at radius 2 is 1.04 bits per heavy atom. The van der Waals surface area contributed by atoms with E-state index >= 15 is 0 Å². The normalized spacial score (nSPS) is 13.1. The molecule has 2 aromatic heterocycles. The molecule has 0 aromatic carbocycles. The first-order chi connectivity index (χ1) is 13.5. The van der Waals surface area contributed by atoms with Crippen molar-refractivity contribution in [2.75, 3.05) is 0 Å². The standard InChI is InChI=1S/C22H26Br2O2S2/c1-3-5-7-9-11-13-15-17(25)20-16(18(26)19(15)27-21(13)23)14(22(24)28-20)12-10-8-6-4-2/h3-12H2,1-2H3. The number of halogens is 2. The lowest BCUT2D eigenvalue weighted by molar-refractivity contribution is 0.0984. The molecule has 3 rings (SSSR count). The van der Waals surface area contributed by atoms with Gasteiger partial charge in [0.1, 0.15) is 0 Å². The van der Waals surface area contributed by atoms with Gasteiger partial charge in [-0.25, -0.2) is 0 Å². The van der Waals surface area contributed by atoms with Crippen molar-refractivity contribution in [3.05, 3.63) is 39.6 Å². The van der Waals surface area contributed by atoms with E-state index in [2.05, 4.69) is 45.7 Å². The molecular formula is C22H26Br2O2S2. The van der Waals surface area contributed by atoms with Gasteiger partial charge in [-0.1, -0.05) is 52.4 Å². The molecule has 28 heavy (non-hydrogen) atoms. The Hall–Kier alpha value is -0.300. The van der Waals surface area contributed by atoms with E-state index in [-0.39, 0.29) is 11.6 Å². The highest BCUT2D eigenvalue weighted by Gasteiger charge is 2.38. The quantitative estimate of drug-likeness (QED) is 0.240. The number of unbranched alkanes of at least 4 members (excludes halogenated alkanes) is 6. The Labute approximate surface area is 192 Å². The molecule has 2 aromatic rings. The number of rotatable bonds is 10. The fourth-order valence-corrected chi connectivity index (χ4v) is 7.61. The number of carbonyl (C=O) groups excluding carboxylic acids is 2. The second-order valence-corrected chi connectivity index (χ2v) is 12.1. The first-order valence-corrected chi connectivity index (χ1v) is 13.4. The van der Waals surface area contributed by atoms with Crippen molar-refractivity contribution in [1.82, 2.24) is 0 Å². The number of hydrogen-bond acceptors (Lipinski definition) is 4. The van der Waals surface area contributed by atoms with Crippen LogP contribution in [0.4, 0.5) is 0 Å². The van der Waals surface area contributed by atoms with Crippen molar-refractivity contribution in [3.63, 3.8) is 0 Å². The number of thiophene rings is 2. The van der Waals surface area contributed by atoms with Crippen molar-refractivity contribution in [3.8, 4) is 0 Å². The molecule has 1 aliphatic carbocycles. The third kappa shape index (κ3) is 4.40. The minimum absolute atomic E-state index is 0.0440. The van der Waals surface area contributed by atoms with Gasteiger partial charge in [-0.15, -0.1) is 22.7 Å². The van der Waals surface area contributed by atoms with E-state index in [9.17, 15) is 9.59 Å². The van der Waals surface area contributed by atoms with Crippen molar-refractivity contribution in [2.45, 2.75) is 78.1 Å². The third-order valence-electron chi connectivity index (χ3n) is 5.34. The van der Waals surface area contributed by atoms with Gasteiger partial charge in [0.2, 0.25) is 11.6 Å². The Bertz CT molecular complexity index is 807. The molecule has 0 atom stereocenters. The largest absolute Gasteiger partial charge is 0.288 e. The van der Waals surface area contributed by atoms with Crippen molar-refractivity contribution in [2.24, 2.45) is 0 Å². The van der Waals surface area contributed by atoms with Gasteiger partial charge in [0, 0.05) is 11.1 Å². The second kappa shape index (κ2) is 10.1. The van der Waals surface area contributed by atoms with E-state index < -0.39 is 0 Å². The Morgan fingerprint density at radius 3 is 1.39 bits per heavy atom. The molecule has 0 N–H and O–H groups in total. The second-order valence-electron chi connectivity index (χ2n) is 7.40. The number of fused-ring (bicyclic) bond motifs is 2. The highest BCUT2D eigenvalue weighted by molar-refractivity contribution is 9.11. The molecule has 1 aliphatic rings. The van der Waals surface area contributed by atoms with Gasteiger partial charge in [-0.2, -0.15) is 0 Å². The summed E-state index contributed by atoms with van der Waals surface area (Å²) in [5.41, 5.74) is 3.40. The lowest BCUT2D eigenvalue weighted by Gasteiger charge is -2.14. The van der Waals surface area contributed by atoms with Gasteiger partial charge in [0.15, 0.2) is 0 Å². The Morgan fingerprint density at radius 1 is 0.643 bits per heavy atom. The summed E-state index contributed by atoms with van der Waals surface area (Å²) in [6, 6.07) is 0. The lowest BCUT2D eigenvalue weighted by atomic mass is 9.88. The van der Waals surface area contributed by atoms with Gasteiger partial charge in [-0.05, 0) is 68.7 Å². The van der Waals surface area contributed by atoms with Gasteiger partial charge < -0.3 is 0 Å². The monoisotopic (exact) mass is 544 g/mol. The van der Waals surface area contributed by atoms with E-state index in [1.54, 1.807) is 0 Å². The van der Waals surface area contributed by atoms with Crippen LogP contribution in [-0.2, 0) is 12.8 Å². The molecule has 0 spiro atoms. The molecule has 152 valence electrons. The molecule has 0 radical (unpaired) electrons. The van der Waals surface area contributed by atoms with E-state index in [0.29, 0.717) is 20.9 Å². The average Bonchev–Trinajstić information content (AvgIpc) is 3.18. The summed E-state index contributed by atoms with van der Waals surface area (Å²) < 4.78 is 1.91. The minimum Gasteiger partial charge on any atom is -0.288 e. The summed E-state index contributed by atoms with van der Waals surface area (Å²) in [7, 11) is 0. The van der Waals surface area contributed by atoms with Crippen LogP contribution in [0.3, 0.4) is 0 Å². The zero-order valence-electron chi connectivity index (χ0n) is 16.5. The first kappa shape index (κ1) is 22.4. The van der Waals surface area contributed by atoms with E-state index in [1.807, 2.05) is 0 Å². The average molecular weight is 546 g/mol. The van der Waals surface area contributed by atoms with E-state index in [1.165, 1.54) is 48.4 Å². The molecular weight excluding hydrogens is 520 g/mol. The van der Waals surface area contributed by atoms with E-state index in [4.69, 9.17) is 0 Å². The molecule has 0 fully saturated rings. The Balaban J connectivity index is 1.90. The maximum atomic E-state index is 13.3. The van der Waals surface area contributed by atoms with Crippen LogP contribution >= 0.6 is 54.5 Å².